The number of aliphatic imine (C=N–C) groups is 1. The zero-order chi connectivity index (χ0) is 20.4. The minimum atomic E-state index is -0.306. The molecule has 1 aromatic rings. The Morgan fingerprint density at radius 1 is 1.25 bits per heavy atom. The van der Waals surface area contributed by atoms with Gasteiger partial charge in [-0.25, -0.2) is 9.78 Å². The van der Waals surface area contributed by atoms with E-state index in [0.717, 1.165) is 30.6 Å². The van der Waals surface area contributed by atoms with Gasteiger partial charge >= 0.3 is 5.97 Å². The van der Waals surface area contributed by atoms with Crippen LogP contribution in [0.5, 0.6) is 0 Å². The first-order valence-electron chi connectivity index (χ1n) is 9.81. The van der Waals surface area contributed by atoms with Crippen molar-refractivity contribution in [3.05, 3.63) is 15.6 Å². The predicted molar refractivity (Wildman–Crippen MR) is 128 cm³/mol. The van der Waals surface area contributed by atoms with Crippen LogP contribution >= 0.6 is 35.3 Å². The van der Waals surface area contributed by atoms with Gasteiger partial charge in [0.2, 0.25) is 0 Å². The minimum absolute atomic E-state index is 0. The normalized spacial score (nSPS) is 13.6. The van der Waals surface area contributed by atoms with Gasteiger partial charge in [0.15, 0.2) is 5.96 Å². The van der Waals surface area contributed by atoms with Gasteiger partial charge in [0.05, 0.1) is 24.9 Å². The first kappa shape index (κ1) is 27.1. The molecule has 2 N–H and O–H groups in total. The van der Waals surface area contributed by atoms with Gasteiger partial charge in [-0.2, -0.15) is 0 Å². The van der Waals surface area contributed by atoms with Crippen molar-refractivity contribution in [3.63, 3.8) is 0 Å². The molecule has 1 heterocycles. The number of aromatic nitrogens is 1. The number of nitrogens with one attached hydrogen (secondary N) is 2. The van der Waals surface area contributed by atoms with Gasteiger partial charge in [0, 0.05) is 12.6 Å². The van der Waals surface area contributed by atoms with Gasteiger partial charge in [-0.05, 0) is 47.7 Å². The van der Waals surface area contributed by atoms with Gasteiger partial charge in [-0.15, -0.1) is 35.3 Å². The van der Waals surface area contributed by atoms with Crippen LogP contribution in [0.2, 0.25) is 0 Å². The summed E-state index contributed by atoms with van der Waals surface area (Å²) < 4.78 is 5.10. The lowest BCUT2D eigenvalue weighted by Crippen LogP contribution is -2.41. The van der Waals surface area contributed by atoms with E-state index >= 15 is 0 Å². The maximum atomic E-state index is 12.0. The van der Waals surface area contributed by atoms with Gasteiger partial charge in [-0.1, -0.05) is 13.8 Å². The molecule has 0 aliphatic carbocycles. The van der Waals surface area contributed by atoms with E-state index in [1.807, 2.05) is 20.8 Å². The molecule has 1 rings (SSSR count). The van der Waals surface area contributed by atoms with Gasteiger partial charge < -0.3 is 15.4 Å². The summed E-state index contributed by atoms with van der Waals surface area (Å²) in [5.41, 5.74) is 0.708. The molecule has 0 fully saturated rings. The fourth-order valence-electron chi connectivity index (χ4n) is 2.76. The summed E-state index contributed by atoms with van der Waals surface area (Å²) in [6, 6.07) is 0.321. The largest absolute Gasteiger partial charge is 0.462 e. The van der Waals surface area contributed by atoms with Crippen LogP contribution in [0, 0.1) is 6.92 Å². The van der Waals surface area contributed by atoms with E-state index < -0.39 is 0 Å². The number of ether oxygens (including phenoxy) is 1. The van der Waals surface area contributed by atoms with E-state index in [-0.39, 0.29) is 36.0 Å². The Kier molecular flexibility index (Phi) is 13.6. The quantitative estimate of drug-likeness (QED) is 0.211. The number of carbonyl (C=O) groups excluding carboxylic acids is 1. The highest BCUT2D eigenvalue weighted by atomic mass is 127. The van der Waals surface area contributed by atoms with Crippen molar-refractivity contribution >= 4 is 47.2 Å². The second-order valence-electron chi connectivity index (χ2n) is 6.34. The van der Waals surface area contributed by atoms with Crippen molar-refractivity contribution < 1.29 is 9.53 Å². The second-order valence-corrected chi connectivity index (χ2v) is 7.37. The van der Waals surface area contributed by atoms with Crippen LogP contribution in [0.15, 0.2) is 4.99 Å². The average Bonchev–Trinajstić information content (AvgIpc) is 3.03. The summed E-state index contributed by atoms with van der Waals surface area (Å²) in [7, 11) is 0. The van der Waals surface area contributed by atoms with Gasteiger partial charge in [0.25, 0.3) is 0 Å². The number of nitrogens with zero attached hydrogens (tertiary/aromatic N) is 3. The first-order valence-corrected chi connectivity index (χ1v) is 10.6. The average molecular weight is 526 g/mol. The number of rotatable bonds is 10. The molecule has 0 saturated carbocycles. The van der Waals surface area contributed by atoms with E-state index in [0.29, 0.717) is 29.8 Å². The number of hydrogen-bond donors (Lipinski definition) is 2. The Hall–Kier alpha value is -0.940. The highest BCUT2D eigenvalue weighted by Crippen LogP contribution is 2.24. The lowest BCUT2D eigenvalue weighted by molar-refractivity contribution is 0.0531. The van der Waals surface area contributed by atoms with E-state index in [4.69, 9.17) is 9.73 Å². The molecule has 0 bridgehead atoms. The summed E-state index contributed by atoms with van der Waals surface area (Å²) in [4.78, 5) is 24.2. The summed E-state index contributed by atoms with van der Waals surface area (Å²) >= 11 is 1.37. The number of esters is 1. The third-order valence-corrected chi connectivity index (χ3v) is 5.61. The number of hydrogen-bond acceptors (Lipinski definition) is 6. The highest BCUT2D eigenvalue weighted by molar-refractivity contribution is 14.0. The molecule has 0 aromatic carbocycles. The summed E-state index contributed by atoms with van der Waals surface area (Å²) in [6.45, 7) is 18.1. The molecule has 0 saturated heterocycles. The van der Waals surface area contributed by atoms with Gasteiger partial charge in [0.1, 0.15) is 9.88 Å². The fraction of sp³-hybridized carbons (Fsp3) is 0.737. The number of halogens is 1. The molecule has 28 heavy (non-hydrogen) atoms. The van der Waals surface area contributed by atoms with E-state index in [1.54, 1.807) is 6.92 Å². The molecule has 0 radical (unpaired) electrons. The van der Waals surface area contributed by atoms with E-state index in [2.05, 4.69) is 41.3 Å². The molecule has 162 valence electrons. The van der Waals surface area contributed by atoms with Crippen LogP contribution in [0.25, 0.3) is 0 Å². The third-order valence-electron chi connectivity index (χ3n) is 4.29. The Bertz CT molecular complexity index is 619. The van der Waals surface area contributed by atoms with Crippen LogP contribution in [0.4, 0.5) is 0 Å². The Labute approximate surface area is 190 Å². The zero-order valence-corrected chi connectivity index (χ0v) is 21.3. The number of carbonyl (C=O) groups is 1. The monoisotopic (exact) mass is 525 g/mol. The Morgan fingerprint density at radius 3 is 2.43 bits per heavy atom. The molecule has 7 nitrogen and oxygen atoms in total. The number of guanidine groups is 1. The molecule has 0 spiro atoms. The van der Waals surface area contributed by atoms with Crippen LogP contribution in [0.1, 0.15) is 68.0 Å². The first-order chi connectivity index (χ1) is 12.9. The molecule has 1 aromatic heterocycles. The van der Waals surface area contributed by atoms with E-state index in [9.17, 15) is 4.79 Å². The van der Waals surface area contributed by atoms with Crippen molar-refractivity contribution in [2.45, 2.75) is 60.5 Å². The highest BCUT2D eigenvalue weighted by Gasteiger charge is 2.20. The standard InChI is InChI=1S/C19H35N5O2S.HI/c1-8-20-19(21-12-13(5)24(9-2)10-3)23-15(7)17-22-14(6)16(27-17)18(25)26-11-4;/h13,15H,8-12H2,1-7H3,(H2,20,21,23);1H. The smallest absolute Gasteiger partial charge is 0.350 e. The number of thiazole rings is 1. The minimum Gasteiger partial charge on any atom is -0.462 e. The van der Waals surface area contributed by atoms with Crippen LogP contribution < -0.4 is 10.6 Å². The second kappa shape index (κ2) is 14.1. The van der Waals surface area contributed by atoms with Crippen molar-refractivity contribution in [3.8, 4) is 0 Å². The third kappa shape index (κ3) is 8.20. The SMILES string of the molecule is CCNC(=NCC(C)N(CC)CC)NC(C)c1nc(C)c(C(=O)OCC)s1.I. The molecule has 2 atom stereocenters. The topological polar surface area (TPSA) is 78.9 Å². The van der Waals surface area contributed by atoms with Crippen molar-refractivity contribution in [1.82, 2.24) is 20.5 Å². The summed E-state index contributed by atoms with van der Waals surface area (Å²) in [5, 5.41) is 7.52. The maximum absolute atomic E-state index is 12.0. The maximum Gasteiger partial charge on any atom is 0.350 e. The van der Waals surface area contributed by atoms with Crippen molar-refractivity contribution in [1.29, 1.82) is 0 Å². The molecule has 0 aliphatic rings. The molecule has 0 amide bonds. The fourth-order valence-corrected chi connectivity index (χ4v) is 3.72. The van der Waals surface area contributed by atoms with E-state index in [1.165, 1.54) is 11.3 Å². The molecular formula is C19H36IN5O2S. The zero-order valence-electron chi connectivity index (χ0n) is 18.2. The Balaban J connectivity index is 0.00000729. The molecule has 9 heteroatoms. The summed E-state index contributed by atoms with van der Waals surface area (Å²) in [5.74, 6) is 0.453. The van der Waals surface area contributed by atoms with Crippen LogP contribution in [-0.4, -0.2) is 60.6 Å². The number of aryl methyl sites for hydroxylation is 1. The lowest BCUT2D eigenvalue weighted by atomic mass is 10.3. The van der Waals surface area contributed by atoms with Crippen LogP contribution in [-0.2, 0) is 4.74 Å². The van der Waals surface area contributed by atoms with Crippen molar-refractivity contribution in [2.75, 3.05) is 32.8 Å². The van der Waals surface area contributed by atoms with Crippen LogP contribution in [0.3, 0.4) is 0 Å². The molecule has 2 unspecified atom stereocenters. The molecular weight excluding hydrogens is 489 g/mol. The number of likely N-dealkylation sites (N-methyl/N-ethyl adjacent to an activating group) is 1. The predicted octanol–water partition coefficient (Wildman–Crippen LogP) is 3.59. The lowest BCUT2D eigenvalue weighted by Gasteiger charge is -2.25. The van der Waals surface area contributed by atoms with Gasteiger partial charge in [-0.3, -0.25) is 9.89 Å². The molecule has 0 aliphatic heterocycles. The summed E-state index contributed by atoms with van der Waals surface area (Å²) in [6.07, 6.45) is 0. The van der Waals surface area contributed by atoms with Crippen molar-refractivity contribution in [2.24, 2.45) is 4.99 Å². The Morgan fingerprint density at radius 2 is 1.89 bits per heavy atom.